The molecule has 0 saturated carbocycles. The van der Waals surface area contributed by atoms with Gasteiger partial charge in [0.15, 0.2) is 0 Å². The molecule has 4 nitrogen and oxygen atoms in total. The summed E-state index contributed by atoms with van der Waals surface area (Å²) in [4.78, 5) is 16.3. The fraction of sp³-hybridized carbons (Fsp3) is 0.364. The maximum atomic E-state index is 11.7. The minimum atomic E-state index is -0.635. The van der Waals surface area contributed by atoms with Gasteiger partial charge in [-0.2, -0.15) is 0 Å². The lowest BCUT2D eigenvalue weighted by Gasteiger charge is -2.23. The summed E-state index contributed by atoms with van der Waals surface area (Å²) in [5, 5.41) is 0. The van der Waals surface area contributed by atoms with E-state index in [1.807, 2.05) is 26.0 Å². The van der Waals surface area contributed by atoms with E-state index in [9.17, 15) is 4.79 Å². The molecular formula is C11H16N2O2. The molecule has 0 bridgehead atoms. The predicted molar refractivity (Wildman–Crippen MR) is 59.0 cm³/mol. The van der Waals surface area contributed by atoms with E-state index in [0.717, 1.165) is 5.56 Å². The number of nitrogens with one attached hydrogen (secondary N) is 1. The number of carbonyl (C=O) groups is 1. The Balaban J connectivity index is 2.94. The van der Waals surface area contributed by atoms with Crippen LogP contribution in [-0.4, -0.2) is 13.0 Å². The molecule has 0 fully saturated rings. The topological polar surface area (TPSA) is 64.3 Å². The molecule has 0 spiro atoms. The molecule has 0 unspecified atom stereocenters. The number of rotatable bonds is 3. The number of hydroxylamine groups is 1. The Kier molecular flexibility index (Phi) is 3.31. The molecule has 0 aromatic heterocycles. The lowest BCUT2D eigenvalue weighted by molar-refractivity contribution is -0.136. The zero-order valence-electron chi connectivity index (χ0n) is 9.20. The van der Waals surface area contributed by atoms with Gasteiger partial charge in [-0.15, -0.1) is 0 Å². The number of carbonyl (C=O) groups excluding carboxylic acids is 1. The van der Waals surface area contributed by atoms with Gasteiger partial charge in [-0.25, -0.2) is 5.48 Å². The third-order valence-corrected chi connectivity index (χ3v) is 2.39. The molecule has 0 atom stereocenters. The van der Waals surface area contributed by atoms with Crippen LogP contribution in [0.1, 0.15) is 19.4 Å². The summed E-state index contributed by atoms with van der Waals surface area (Å²) < 4.78 is 0. The minimum absolute atomic E-state index is 0.185. The number of benzene rings is 1. The van der Waals surface area contributed by atoms with Crippen molar-refractivity contribution in [3.05, 3.63) is 29.8 Å². The van der Waals surface area contributed by atoms with Gasteiger partial charge < -0.3 is 5.73 Å². The second-order valence-electron chi connectivity index (χ2n) is 3.88. The van der Waals surface area contributed by atoms with Gasteiger partial charge >= 0.3 is 0 Å². The highest BCUT2D eigenvalue weighted by Gasteiger charge is 2.29. The summed E-state index contributed by atoms with van der Waals surface area (Å²) in [6, 6.07) is 7.23. The fourth-order valence-corrected chi connectivity index (χ4v) is 1.25. The van der Waals surface area contributed by atoms with Gasteiger partial charge in [0.05, 0.1) is 12.5 Å². The molecule has 0 radical (unpaired) electrons. The van der Waals surface area contributed by atoms with Crippen molar-refractivity contribution >= 4 is 11.6 Å². The first-order valence-corrected chi connectivity index (χ1v) is 4.68. The maximum absolute atomic E-state index is 11.7. The summed E-state index contributed by atoms with van der Waals surface area (Å²) in [5.41, 5.74) is 8.85. The molecule has 1 amide bonds. The number of nitrogens with two attached hydrogens (primary N) is 1. The largest absolute Gasteiger partial charge is 0.399 e. The molecule has 0 aliphatic heterocycles. The van der Waals surface area contributed by atoms with E-state index in [2.05, 4.69) is 10.3 Å². The standard InChI is InChI=1S/C11H16N2O2/c1-11(2,10(14)13-15-3)8-4-6-9(12)7-5-8/h4-7H,12H2,1-3H3,(H,13,14). The molecule has 0 aliphatic rings. The van der Waals surface area contributed by atoms with E-state index in [4.69, 9.17) is 5.73 Å². The fourth-order valence-electron chi connectivity index (χ4n) is 1.25. The Morgan fingerprint density at radius 3 is 2.33 bits per heavy atom. The second-order valence-corrected chi connectivity index (χ2v) is 3.88. The van der Waals surface area contributed by atoms with E-state index in [1.165, 1.54) is 7.11 Å². The molecule has 1 aromatic rings. The van der Waals surface area contributed by atoms with Gasteiger partial charge in [0, 0.05) is 5.69 Å². The van der Waals surface area contributed by atoms with Gasteiger partial charge in [-0.1, -0.05) is 12.1 Å². The highest BCUT2D eigenvalue weighted by atomic mass is 16.6. The average Bonchev–Trinajstić information content (AvgIpc) is 2.18. The Labute approximate surface area is 89.4 Å². The summed E-state index contributed by atoms with van der Waals surface area (Å²) in [5.74, 6) is -0.185. The Morgan fingerprint density at radius 2 is 1.87 bits per heavy atom. The van der Waals surface area contributed by atoms with Crippen molar-refractivity contribution in [1.82, 2.24) is 5.48 Å². The second kappa shape index (κ2) is 4.31. The van der Waals surface area contributed by atoms with Crippen molar-refractivity contribution in [2.75, 3.05) is 12.8 Å². The quantitative estimate of drug-likeness (QED) is 0.580. The van der Waals surface area contributed by atoms with Gasteiger partial charge in [0.25, 0.3) is 5.91 Å². The maximum Gasteiger partial charge on any atom is 0.253 e. The third-order valence-electron chi connectivity index (χ3n) is 2.39. The molecule has 1 rings (SSSR count). The van der Waals surface area contributed by atoms with Gasteiger partial charge in [0.2, 0.25) is 0 Å². The lowest BCUT2D eigenvalue weighted by Crippen LogP contribution is -2.39. The lowest BCUT2D eigenvalue weighted by atomic mass is 9.84. The summed E-state index contributed by atoms with van der Waals surface area (Å²) in [6.45, 7) is 3.65. The summed E-state index contributed by atoms with van der Waals surface area (Å²) in [6.07, 6.45) is 0. The zero-order valence-corrected chi connectivity index (χ0v) is 9.20. The number of anilines is 1. The van der Waals surface area contributed by atoms with Crippen LogP contribution >= 0.6 is 0 Å². The van der Waals surface area contributed by atoms with E-state index in [-0.39, 0.29) is 5.91 Å². The monoisotopic (exact) mass is 208 g/mol. The van der Waals surface area contributed by atoms with Gasteiger partial charge in [0.1, 0.15) is 0 Å². The van der Waals surface area contributed by atoms with Crippen LogP contribution in [0.5, 0.6) is 0 Å². The van der Waals surface area contributed by atoms with Crippen LogP contribution in [0.4, 0.5) is 5.69 Å². The Hall–Kier alpha value is -1.55. The highest BCUT2D eigenvalue weighted by Crippen LogP contribution is 2.24. The number of hydrogen-bond acceptors (Lipinski definition) is 3. The number of amides is 1. The van der Waals surface area contributed by atoms with Crippen LogP contribution in [0.25, 0.3) is 0 Å². The van der Waals surface area contributed by atoms with Crippen molar-refractivity contribution < 1.29 is 9.63 Å². The summed E-state index contributed by atoms with van der Waals surface area (Å²) >= 11 is 0. The Morgan fingerprint density at radius 1 is 1.33 bits per heavy atom. The first-order valence-electron chi connectivity index (χ1n) is 4.68. The van der Waals surface area contributed by atoms with Crippen LogP contribution < -0.4 is 11.2 Å². The molecule has 0 saturated heterocycles. The van der Waals surface area contributed by atoms with Crippen LogP contribution in [0.2, 0.25) is 0 Å². The highest BCUT2D eigenvalue weighted by molar-refractivity contribution is 5.86. The molecule has 4 heteroatoms. The first-order chi connectivity index (χ1) is 6.98. The van der Waals surface area contributed by atoms with Crippen molar-refractivity contribution in [2.24, 2.45) is 0 Å². The molecule has 0 heterocycles. The smallest absolute Gasteiger partial charge is 0.253 e. The molecule has 15 heavy (non-hydrogen) atoms. The predicted octanol–water partition coefficient (Wildman–Crippen LogP) is 1.22. The van der Waals surface area contributed by atoms with Crippen LogP contribution in [0.15, 0.2) is 24.3 Å². The minimum Gasteiger partial charge on any atom is -0.399 e. The van der Waals surface area contributed by atoms with Crippen molar-refractivity contribution in [3.8, 4) is 0 Å². The third kappa shape index (κ3) is 2.47. The van der Waals surface area contributed by atoms with Crippen molar-refractivity contribution in [3.63, 3.8) is 0 Å². The molecule has 0 aliphatic carbocycles. The molecule has 1 aromatic carbocycles. The van der Waals surface area contributed by atoms with Crippen molar-refractivity contribution in [2.45, 2.75) is 19.3 Å². The van der Waals surface area contributed by atoms with E-state index in [1.54, 1.807) is 12.1 Å². The summed E-state index contributed by atoms with van der Waals surface area (Å²) in [7, 11) is 1.41. The number of nitrogen functional groups attached to an aromatic ring is 1. The molecular weight excluding hydrogens is 192 g/mol. The van der Waals surface area contributed by atoms with Crippen LogP contribution in [0, 0.1) is 0 Å². The SMILES string of the molecule is CONC(=O)C(C)(C)c1ccc(N)cc1. The first kappa shape index (κ1) is 11.5. The van der Waals surface area contributed by atoms with Crippen LogP contribution in [0.3, 0.4) is 0 Å². The van der Waals surface area contributed by atoms with E-state index in [0.29, 0.717) is 5.69 Å². The number of hydrogen-bond donors (Lipinski definition) is 2. The zero-order chi connectivity index (χ0) is 11.5. The molecule has 82 valence electrons. The molecule has 3 N–H and O–H groups in total. The van der Waals surface area contributed by atoms with Crippen LogP contribution in [-0.2, 0) is 15.0 Å². The Bertz CT molecular complexity index is 344. The van der Waals surface area contributed by atoms with Crippen molar-refractivity contribution in [1.29, 1.82) is 0 Å². The normalized spacial score (nSPS) is 11.1. The van der Waals surface area contributed by atoms with E-state index < -0.39 is 5.41 Å². The van der Waals surface area contributed by atoms with Gasteiger partial charge in [-0.3, -0.25) is 9.63 Å². The average molecular weight is 208 g/mol. The van der Waals surface area contributed by atoms with E-state index >= 15 is 0 Å². The van der Waals surface area contributed by atoms with Gasteiger partial charge in [-0.05, 0) is 31.5 Å².